The first-order valence-corrected chi connectivity index (χ1v) is 15.2. The standard InChI is InChI=1S/C38H48N2/c1-27-21-35(39)22-28(2)37(27)25-33-17-13-31(14-18-33)11-9-7-5-6-8-10-12-32-15-19-34(20-16-32)26-38-29(3)23-36(40)24-30(38)4/h13-24H,5-12,25-26,39-40H2,1-4H3. The van der Waals surface area contributed by atoms with Crippen LogP contribution in [0.1, 0.15) is 94.2 Å². The molecule has 0 aliphatic rings. The predicted molar refractivity (Wildman–Crippen MR) is 174 cm³/mol. The minimum Gasteiger partial charge on any atom is -0.399 e. The van der Waals surface area contributed by atoms with Crippen molar-refractivity contribution in [2.24, 2.45) is 0 Å². The second-order valence-electron chi connectivity index (χ2n) is 11.9. The highest BCUT2D eigenvalue weighted by molar-refractivity contribution is 5.51. The summed E-state index contributed by atoms with van der Waals surface area (Å²) in [4.78, 5) is 0. The van der Waals surface area contributed by atoms with Crippen molar-refractivity contribution in [3.63, 3.8) is 0 Å². The summed E-state index contributed by atoms with van der Waals surface area (Å²) >= 11 is 0. The van der Waals surface area contributed by atoms with Crippen LogP contribution in [0.2, 0.25) is 0 Å². The lowest BCUT2D eigenvalue weighted by Gasteiger charge is -2.12. The minimum atomic E-state index is 0.857. The van der Waals surface area contributed by atoms with E-state index in [1.807, 2.05) is 0 Å². The number of hydrogen-bond donors (Lipinski definition) is 2. The Morgan fingerprint density at radius 3 is 1.00 bits per heavy atom. The van der Waals surface area contributed by atoms with Crippen LogP contribution < -0.4 is 11.5 Å². The molecule has 0 bridgehead atoms. The second-order valence-corrected chi connectivity index (χ2v) is 11.9. The van der Waals surface area contributed by atoms with E-state index in [0.29, 0.717) is 0 Å². The molecular formula is C38H48N2. The lowest BCUT2D eigenvalue weighted by atomic mass is 9.94. The van der Waals surface area contributed by atoms with Gasteiger partial charge in [0, 0.05) is 11.4 Å². The summed E-state index contributed by atoms with van der Waals surface area (Å²) in [6.45, 7) is 8.65. The van der Waals surface area contributed by atoms with Crippen LogP contribution in [-0.2, 0) is 25.7 Å². The van der Waals surface area contributed by atoms with Gasteiger partial charge in [0.25, 0.3) is 0 Å². The molecule has 0 fully saturated rings. The summed E-state index contributed by atoms with van der Waals surface area (Å²) in [6.07, 6.45) is 12.2. The van der Waals surface area contributed by atoms with Gasteiger partial charge in [-0.05, 0) is 146 Å². The molecule has 4 aromatic carbocycles. The van der Waals surface area contributed by atoms with Crippen LogP contribution in [0.4, 0.5) is 11.4 Å². The number of nitrogens with two attached hydrogens (primary N) is 2. The van der Waals surface area contributed by atoms with Crippen molar-refractivity contribution >= 4 is 11.4 Å². The molecule has 0 aliphatic heterocycles. The third-order valence-corrected chi connectivity index (χ3v) is 8.43. The molecule has 0 saturated heterocycles. The smallest absolute Gasteiger partial charge is 0.0319 e. The minimum absolute atomic E-state index is 0.857. The van der Waals surface area contributed by atoms with Gasteiger partial charge < -0.3 is 11.5 Å². The fraction of sp³-hybridized carbons (Fsp3) is 0.368. The van der Waals surface area contributed by atoms with E-state index in [0.717, 1.165) is 24.2 Å². The van der Waals surface area contributed by atoms with Crippen LogP contribution in [0.15, 0.2) is 72.8 Å². The topological polar surface area (TPSA) is 52.0 Å². The molecule has 2 nitrogen and oxygen atoms in total. The van der Waals surface area contributed by atoms with Gasteiger partial charge in [0.2, 0.25) is 0 Å². The van der Waals surface area contributed by atoms with Gasteiger partial charge in [-0.15, -0.1) is 0 Å². The van der Waals surface area contributed by atoms with E-state index >= 15 is 0 Å². The first kappa shape index (κ1) is 29.5. The zero-order valence-corrected chi connectivity index (χ0v) is 25.2. The second kappa shape index (κ2) is 14.2. The first-order chi connectivity index (χ1) is 19.3. The van der Waals surface area contributed by atoms with Crippen LogP contribution in [0.25, 0.3) is 0 Å². The van der Waals surface area contributed by atoms with Crippen molar-refractivity contribution in [3.05, 3.63) is 128 Å². The molecule has 0 atom stereocenters. The first-order valence-electron chi connectivity index (χ1n) is 15.2. The van der Waals surface area contributed by atoms with Gasteiger partial charge in [0.15, 0.2) is 0 Å². The molecule has 40 heavy (non-hydrogen) atoms. The SMILES string of the molecule is Cc1cc(N)cc(C)c1Cc1ccc(CCCCCCCCc2ccc(Cc3c(C)cc(N)cc3C)cc2)cc1. The largest absolute Gasteiger partial charge is 0.399 e. The van der Waals surface area contributed by atoms with E-state index in [4.69, 9.17) is 11.5 Å². The van der Waals surface area contributed by atoms with Gasteiger partial charge in [-0.3, -0.25) is 0 Å². The van der Waals surface area contributed by atoms with E-state index in [1.165, 1.54) is 107 Å². The number of unbranched alkanes of at least 4 members (excludes halogenated alkanes) is 5. The fourth-order valence-electron chi connectivity index (χ4n) is 6.03. The Hall–Kier alpha value is -3.52. The van der Waals surface area contributed by atoms with Crippen LogP contribution >= 0.6 is 0 Å². The van der Waals surface area contributed by atoms with E-state index in [-0.39, 0.29) is 0 Å². The molecule has 0 heterocycles. The predicted octanol–water partition coefficient (Wildman–Crippen LogP) is 9.39. The molecular weight excluding hydrogens is 484 g/mol. The van der Waals surface area contributed by atoms with Gasteiger partial charge >= 0.3 is 0 Å². The average Bonchev–Trinajstić information content (AvgIpc) is 2.91. The van der Waals surface area contributed by atoms with Crippen LogP contribution in [0.3, 0.4) is 0 Å². The Labute approximate surface area is 242 Å². The lowest BCUT2D eigenvalue weighted by Crippen LogP contribution is -1.98. The number of anilines is 2. The number of benzene rings is 4. The van der Waals surface area contributed by atoms with Crippen molar-refractivity contribution in [1.82, 2.24) is 0 Å². The normalized spacial score (nSPS) is 11.2. The van der Waals surface area contributed by atoms with E-state index < -0.39 is 0 Å². The average molecular weight is 533 g/mol. The molecule has 4 aromatic rings. The van der Waals surface area contributed by atoms with Gasteiger partial charge in [-0.1, -0.05) is 74.2 Å². The van der Waals surface area contributed by atoms with E-state index in [9.17, 15) is 0 Å². The molecule has 0 aliphatic carbocycles. The summed E-state index contributed by atoms with van der Waals surface area (Å²) in [7, 11) is 0. The quantitative estimate of drug-likeness (QED) is 0.133. The molecule has 0 aromatic heterocycles. The van der Waals surface area contributed by atoms with Gasteiger partial charge in [0.05, 0.1) is 0 Å². The molecule has 0 radical (unpaired) electrons. The van der Waals surface area contributed by atoms with E-state index in [2.05, 4.69) is 100 Å². The highest BCUT2D eigenvalue weighted by atomic mass is 14.5. The zero-order chi connectivity index (χ0) is 28.5. The van der Waals surface area contributed by atoms with Crippen molar-refractivity contribution in [1.29, 1.82) is 0 Å². The maximum Gasteiger partial charge on any atom is 0.0319 e. The van der Waals surface area contributed by atoms with Crippen molar-refractivity contribution < 1.29 is 0 Å². The van der Waals surface area contributed by atoms with Crippen molar-refractivity contribution in [2.45, 2.75) is 91.9 Å². The Morgan fingerprint density at radius 1 is 0.400 bits per heavy atom. The summed E-state index contributed by atoms with van der Waals surface area (Å²) in [5.41, 5.74) is 27.3. The van der Waals surface area contributed by atoms with Crippen LogP contribution in [0, 0.1) is 27.7 Å². The molecule has 0 amide bonds. The van der Waals surface area contributed by atoms with E-state index in [1.54, 1.807) is 0 Å². The van der Waals surface area contributed by atoms with Crippen LogP contribution in [-0.4, -0.2) is 0 Å². The monoisotopic (exact) mass is 532 g/mol. The Kier molecular flexibility index (Phi) is 10.5. The molecule has 0 unspecified atom stereocenters. The Morgan fingerprint density at radius 2 is 0.675 bits per heavy atom. The molecule has 4 rings (SSSR count). The van der Waals surface area contributed by atoms with Gasteiger partial charge in [0.1, 0.15) is 0 Å². The molecule has 210 valence electrons. The molecule has 0 saturated carbocycles. The summed E-state index contributed by atoms with van der Waals surface area (Å²) in [5, 5.41) is 0. The number of hydrogen-bond acceptors (Lipinski definition) is 2. The maximum atomic E-state index is 5.99. The third-order valence-electron chi connectivity index (χ3n) is 8.43. The van der Waals surface area contributed by atoms with Crippen molar-refractivity contribution in [3.8, 4) is 0 Å². The number of rotatable bonds is 13. The molecule has 0 spiro atoms. The highest BCUT2D eigenvalue weighted by Crippen LogP contribution is 2.23. The zero-order valence-electron chi connectivity index (χ0n) is 25.2. The number of nitrogen functional groups attached to an aromatic ring is 2. The fourth-order valence-corrected chi connectivity index (χ4v) is 6.03. The third kappa shape index (κ3) is 8.49. The Balaban J connectivity index is 1.10. The summed E-state index contributed by atoms with van der Waals surface area (Å²) in [5.74, 6) is 0. The number of aryl methyl sites for hydroxylation is 6. The van der Waals surface area contributed by atoms with Crippen LogP contribution in [0.5, 0.6) is 0 Å². The summed E-state index contributed by atoms with van der Waals surface area (Å²) in [6, 6.07) is 26.8. The molecule has 2 heteroatoms. The maximum absolute atomic E-state index is 5.99. The van der Waals surface area contributed by atoms with Crippen molar-refractivity contribution in [2.75, 3.05) is 11.5 Å². The molecule has 4 N–H and O–H groups in total. The van der Waals surface area contributed by atoms with Gasteiger partial charge in [-0.25, -0.2) is 0 Å². The highest BCUT2D eigenvalue weighted by Gasteiger charge is 2.07. The summed E-state index contributed by atoms with van der Waals surface area (Å²) < 4.78 is 0. The lowest BCUT2D eigenvalue weighted by molar-refractivity contribution is 0.594. The Bertz CT molecular complexity index is 1230. The van der Waals surface area contributed by atoms with Gasteiger partial charge in [-0.2, -0.15) is 0 Å².